The standard InChI is InChI=1S/C15H24N2S/c16-15(10-6-3-7-11-15)14-17-12-8-4-1-2-5-9-13(12)18-14/h1-11,16H2. The molecule has 0 aromatic carbocycles. The molecule has 1 saturated carbocycles. The molecule has 0 bridgehead atoms. The molecule has 0 radical (unpaired) electrons. The van der Waals surface area contributed by atoms with Crippen molar-refractivity contribution >= 4 is 11.3 Å². The number of hydrogen-bond acceptors (Lipinski definition) is 3. The summed E-state index contributed by atoms with van der Waals surface area (Å²) in [5.74, 6) is 0. The maximum Gasteiger partial charge on any atom is 0.113 e. The van der Waals surface area contributed by atoms with E-state index >= 15 is 0 Å². The van der Waals surface area contributed by atoms with Gasteiger partial charge < -0.3 is 5.73 Å². The molecule has 1 aromatic rings. The van der Waals surface area contributed by atoms with E-state index in [0.29, 0.717) is 0 Å². The van der Waals surface area contributed by atoms with E-state index in [0.717, 1.165) is 12.8 Å². The van der Waals surface area contributed by atoms with E-state index in [9.17, 15) is 0 Å². The van der Waals surface area contributed by atoms with Gasteiger partial charge in [0, 0.05) is 4.88 Å². The van der Waals surface area contributed by atoms with E-state index in [4.69, 9.17) is 10.7 Å². The Morgan fingerprint density at radius 1 is 0.889 bits per heavy atom. The third-order valence-electron chi connectivity index (χ3n) is 4.52. The fraction of sp³-hybridized carbons (Fsp3) is 0.800. The number of aromatic nitrogens is 1. The van der Waals surface area contributed by atoms with Crippen molar-refractivity contribution in [1.29, 1.82) is 0 Å². The van der Waals surface area contributed by atoms with Gasteiger partial charge in [-0.3, -0.25) is 0 Å². The van der Waals surface area contributed by atoms with Crippen LogP contribution in [0.15, 0.2) is 0 Å². The van der Waals surface area contributed by atoms with Crippen LogP contribution in [0, 0.1) is 0 Å². The summed E-state index contributed by atoms with van der Waals surface area (Å²) in [7, 11) is 0. The zero-order valence-corrected chi connectivity index (χ0v) is 12.0. The van der Waals surface area contributed by atoms with Gasteiger partial charge in [-0.15, -0.1) is 11.3 Å². The number of fused-ring (bicyclic) bond motifs is 1. The lowest BCUT2D eigenvalue weighted by Gasteiger charge is -2.31. The summed E-state index contributed by atoms with van der Waals surface area (Å²) in [6, 6.07) is 0. The second kappa shape index (κ2) is 5.30. The minimum absolute atomic E-state index is 0.0933. The van der Waals surface area contributed by atoms with Gasteiger partial charge >= 0.3 is 0 Å². The molecule has 100 valence electrons. The highest BCUT2D eigenvalue weighted by Gasteiger charge is 2.33. The van der Waals surface area contributed by atoms with Gasteiger partial charge in [0.25, 0.3) is 0 Å². The summed E-state index contributed by atoms with van der Waals surface area (Å²) in [6.07, 6.45) is 14.0. The van der Waals surface area contributed by atoms with Gasteiger partial charge in [0.1, 0.15) is 5.01 Å². The van der Waals surface area contributed by atoms with Gasteiger partial charge in [0.15, 0.2) is 0 Å². The molecule has 0 amide bonds. The molecule has 1 aromatic heterocycles. The Morgan fingerprint density at radius 2 is 1.56 bits per heavy atom. The van der Waals surface area contributed by atoms with Gasteiger partial charge in [-0.2, -0.15) is 0 Å². The molecule has 18 heavy (non-hydrogen) atoms. The molecule has 1 fully saturated rings. The van der Waals surface area contributed by atoms with E-state index in [1.54, 1.807) is 4.88 Å². The van der Waals surface area contributed by atoms with E-state index in [1.165, 1.54) is 68.5 Å². The van der Waals surface area contributed by atoms with E-state index in [1.807, 2.05) is 11.3 Å². The Balaban J connectivity index is 1.86. The van der Waals surface area contributed by atoms with Crippen molar-refractivity contribution in [3.05, 3.63) is 15.6 Å². The van der Waals surface area contributed by atoms with Crippen molar-refractivity contribution < 1.29 is 0 Å². The molecule has 3 heteroatoms. The number of nitrogens with zero attached hydrogens (tertiary/aromatic N) is 1. The van der Waals surface area contributed by atoms with Crippen LogP contribution in [0.4, 0.5) is 0 Å². The van der Waals surface area contributed by atoms with E-state index < -0.39 is 0 Å². The van der Waals surface area contributed by atoms with Crippen molar-refractivity contribution in [3.63, 3.8) is 0 Å². The molecular weight excluding hydrogens is 240 g/mol. The molecule has 0 unspecified atom stereocenters. The zero-order chi connectivity index (χ0) is 12.4. The zero-order valence-electron chi connectivity index (χ0n) is 11.2. The summed E-state index contributed by atoms with van der Waals surface area (Å²) < 4.78 is 0. The van der Waals surface area contributed by atoms with Gasteiger partial charge in [0.2, 0.25) is 0 Å². The minimum atomic E-state index is -0.0933. The SMILES string of the molecule is NC1(c2nc3c(s2)CCCCCC3)CCCCC1. The Morgan fingerprint density at radius 3 is 2.33 bits per heavy atom. The molecule has 3 rings (SSSR count). The summed E-state index contributed by atoms with van der Waals surface area (Å²) in [4.78, 5) is 6.48. The Bertz CT molecular complexity index is 379. The van der Waals surface area contributed by atoms with Crippen LogP contribution in [0.2, 0.25) is 0 Å². The lowest BCUT2D eigenvalue weighted by Crippen LogP contribution is -2.38. The second-order valence-corrected chi connectivity index (χ2v) is 7.10. The van der Waals surface area contributed by atoms with Crippen LogP contribution in [-0.4, -0.2) is 4.98 Å². The predicted octanol–water partition coefficient (Wildman–Crippen LogP) is 3.92. The monoisotopic (exact) mass is 264 g/mol. The molecule has 2 nitrogen and oxygen atoms in total. The number of hydrogen-bond donors (Lipinski definition) is 1. The molecule has 0 saturated heterocycles. The Kier molecular flexibility index (Phi) is 3.71. The molecule has 0 atom stereocenters. The smallest absolute Gasteiger partial charge is 0.113 e. The quantitative estimate of drug-likeness (QED) is 0.835. The van der Waals surface area contributed by atoms with Gasteiger partial charge in [0.05, 0.1) is 11.2 Å². The van der Waals surface area contributed by atoms with Crippen LogP contribution in [-0.2, 0) is 18.4 Å². The minimum Gasteiger partial charge on any atom is -0.319 e. The van der Waals surface area contributed by atoms with Crippen LogP contribution >= 0.6 is 11.3 Å². The van der Waals surface area contributed by atoms with Gasteiger partial charge in [-0.05, 0) is 38.5 Å². The van der Waals surface area contributed by atoms with Crippen molar-refractivity contribution in [2.45, 2.75) is 76.2 Å². The molecular formula is C15H24N2S. The van der Waals surface area contributed by atoms with Crippen molar-refractivity contribution in [1.82, 2.24) is 4.98 Å². The van der Waals surface area contributed by atoms with Crippen LogP contribution in [0.1, 0.15) is 73.4 Å². The fourth-order valence-corrected chi connectivity index (χ4v) is 4.62. The van der Waals surface area contributed by atoms with Crippen LogP contribution in [0.25, 0.3) is 0 Å². The largest absolute Gasteiger partial charge is 0.319 e. The number of rotatable bonds is 1. The Labute approximate surface area is 114 Å². The summed E-state index contributed by atoms with van der Waals surface area (Å²) in [5.41, 5.74) is 7.90. The maximum atomic E-state index is 6.62. The van der Waals surface area contributed by atoms with Gasteiger partial charge in [-0.1, -0.05) is 32.1 Å². The molecule has 2 N–H and O–H groups in total. The third-order valence-corrected chi connectivity index (χ3v) is 5.89. The van der Waals surface area contributed by atoms with Crippen molar-refractivity contribution in [3.8, 4) is 0 Å². The molecule has 0 spiro atoms. The molecule has 2 aliphatic rings. The predicted molar refractivity (Wildman–Crippen MR) is 76.9 cm³/mol. The highest BCUT2D eigenvalue weighted by atomic mass is 32.1. The van der Waals surface area contributed by atoms with Crippen molar-refractivity contribution in [2.75, 3.05) is 0 Å². The van der Waals surface area contributed by atoms with Gasteiger partial charge in [-0.25, -0.2) is 4.98 Å². The normalized spacial score (nSPS) is 24.1. The highest BCUT2D eigenvalue weighted by Crippen LogP contribution is 2.38. The van der Waals surface area contributed by atoms with Crippen molar-refractivity contribution in [2.24, 2.45) is 5.73 Å². The lowest BCUT2D eigenvalue weighted by atomic mass is 9.83. The first-order valence-electron chi connectivity index (χ1n) is 7.56. The summed E-state index contributed by atoms with van der Waals surface area (Å²) >= 11 is 1.93. The summed E-state index contributed by atoms with van der Waals surface area (Å²) in [6.45, 7) is 0. The van der Waals surface area contributed by atoms with E-state index in [2.05, 4.69) is 0 Å². The first kappa shape index (κ1) is 12.6. The number of aryl methyl sites for hydroxylation is 2. The molecule has 1 heterocycles. The average Bonchev–Trinajstić information content (AvgIpc) is 2.73. The lowest BCUT2D eigenvalue weighted by molar-refractivity contribution is 0.301. The summed E-state index contributed by atoms with van der Waals surface area (Å²) in [5, 5.41) is 1.24. The first-order valence-corrected chi connectivity index (χ1v) is 8.37. The Hall–Kier alpha value is -0.410. The second-order valence-electron chi connectivity index (χ2n) is 6.02. The van der Waals surface area contributed by atoms with Crippen LogP contribution < -0.4 is 5.73 Å². The maximum absolute atomic E-state index is 6.62. The van der Waals surface area contributed by atoms with Crippen LogP contribution in [0.5, 0.6) is 0 Å². The number of thiazole rings is 1. The highest BCUT2D eigenvalue weighted by molar-refractivity contribution is 7.11. The average molecular weight is 264 g/mol. The molecule has 2 aliphatic carbocycles. The number of nitrogens with two attached hydrogens (primary N) is 1. The topological polar surface area (TPSA) is 38.9 Å². The first-order chi connectivity index (χ1) is 8.78. The van der Waals surface area contributed by atoms with E-state index in [-0.39, 0.29) is 5.54 Å². The molecule has 0 aliphatic heterocycles. The third kappa shape index (κ3) is 2.48. The van der Waals surface area contributed by atoms with Crippen LogP contribution in [0.3, 0.4) is 0 Å². The fourth-order valence-electron chi connectivity index (χ4n) is 3.32.